The van der Waals surface area contributed by atoms with Crippen molar-refractivity contribution in [1.29, 1.82) is 0 Å². The largest absolute Gasteiger partial charge is 0.401 e. The minimum atomic E-state index is -4.69. The first-order valence-corrected chi connectivity index (χ1v) is 8.34. The average Bonchev–Trinajstić information content (AvgIpc) is 3.20. The number of anilines is 1. The van der Waals surface area contributed by atoms with Gasteiger partial charge in [-0.2, -0.15) is 18.3 Å². The number of nitrogens with two attached hydrogens (primary N) is 1. The monoisotopic (exact) mass is 389 g/mol. The first kappa shape index (κ1) is 17.9. The summed E-state index contributed by atoms with van der Waals surface area (Å²) in [6.45, 7) is 0.262. The second kappa shape index (κ2) is 5.29. The van der Waals surface area contributed by atoms with E-state index < -0.39 is 42.4 Å². The van der Waals surface area contributed by atoms with Crippen molar-refractivity contribution in [2.24, 2.45) is 5.73 Å². The van der Waals surface area contributed by atoms with Crippen LogP contribution in [0, 0.1) is 0 Å². The SMILES string of the molecule is CC1(C(F)(F)F)CN(C(N)=O)c2cnc3cc([C@H]4CCC(F)(F)C4)nn3c21. The van der Waals surface area contributed by atoms with Gasteiger partial charge in [-0.1, -0.05) is 0 Å². The summed E-state index contributed by atoms with van der Waals surface area (Å²) in [5.74, 6) is -3.36. The van der Waals surface area contributed by atoms with Gasteiger partial charge in [-0.15, -0.1) is 0 Å². The predicted octanol–water partition coefficient (Wildman–Crippen LogP) is 3.35. The lowest BCUT2D eigenvalue weighted by molar-refractivity contribution is -0.181. The minimum Gasteiger partial charge on any atom is -0.351 e. The van der Waals surface area contributed by atoms with Crippen LogP contribution >= 0.6 is 0 Å². The number of aromatic nitrogens is 3. The number of amides is 2. The van der Waals surface area contributed by atoms with Gasteiger partial charge in [-0.05, 0) is 13.3 Å². The summed E-state index contributed by atoms with van der Waals surface area (Å²) in [5.41, 5.74) is 2.85. The van der Waals surface area contributed by atoms with E-state index in [-0.39, 0.29) is 35.6 Å². The summed E-state index contributed by atoms with van der Waals surface area (Å²) < 4.78 is 69.6. The Kier molecular flexibility index (Phi) is 3.51. The Bertz CT molecular complexity index is 939. The smallest absolute Gasteiger partial charge is 0.351 e. The third-order valence-corrected chi connectivity index (χ3v) is 5.48. The second-order valence-electron chi connectivity index (χ2n) is 7.38. The molecule has 11 heteroatoms. The number of hydrogen-bond acceptors (Lipinski definition) is 3. The van der Waals surface area contributed by atoms with Gasteiger partial charge in [0.05, 0.1) is 23.3 Å². The molecule has 1 fully saturated rings. The topological polar surface area (TPSA) is 76.5 Å². The number of carbonyl (C=O) groups excluding carboxylic acids is 1. The van der Waals surface area contributed by atoms with Crippen LogP contribution in [0.15, 0.2) is 12.3 Å². The molecular formula is C16H16F5N5O. The van der Waals surface area contributed by atoms with Crippen molar-refractivity contribution in [3.05, 3.63) is 23.7 Å². The fourth-order valence-electron chi connectivity index (χ4n) is 3.96. The third kappa shape index (κ3) is 2.54. The molecule has 2 aromatic heterocycles. The van der Waals surface area contributed by atoms with Gasteiger partial charge in [0, 0.05) is 31.4 Å². The third-order valence-electron chi connectivity index (χ3n) is 5.48. The van der Waals surface area contributed by atoms with E-state index in [4.69, 9.17) is 5.73 Å². The van der Waals surface area contributed by atoms with Crippen LogP contribution in [0.25, 0.3) is 5.65 Å². The molecule has 2 N–H and O–H groups in total. The number of rotatable bonds is 1. The van der Waals surface area contributed by atoms with E-state index in [1.165, 1.54) is 6.07 Å². The first-order valence-electron chi connectivity index (χ1n) is 8.34. The van der Waals surface area contributed by atoms with Crippen LogP contribution in [0.4, 0.5) is 32.4 Å². The highest BCUT2D eigenvalue weighted by atomic mass is 19.4. The minimum absolute atomic E-state index is 0.0822. The Morgan fingerprint density at radius 1 is 1.37 bits per heavy atom. The molecule has 0 spiro atoms. The average molecular weight is 389 g/mol. The molecule has 27 heavy (non-hydrogen) atoms. The van der Waals surface area contributed by atoms with E-state index in [0.29, 0.717) is 0 Å². The maximum Gasteiger partial charge on any atom is 0.401 e. The Labute approximate surface area is 150 Å². The van der Waals surface area contributed by atoms with Crippen LogP contribution in [0.2, 0.25) is 0 Å². The van der Waals surface area contributed by atoms with E-state index >= 15 is 0 Å². The van der Waals surface area contributed by atoms with E-state index in [9.17, 15) is 26.7 Å². The molecule has 2 atom stereocenters. The fourth-order valence-corrected chi connectivity index (χ4v) is 3.96. The standard InChI is InChI=1S/C16H16F5N5O/c1-14(16(19,20)21)7-25(13(22)27)10-6-23-11-4-9(24-26(11)12(10)14)8-2-3-15(17,18)5-8/h4,6,8H,2-3,5,7H2,1H3,(H2,22,27)/t8-,14?/m0/s1. The highest BCUT2D eigenvalue weighted by Crippen LogP contribution is 2.50. The zero-order valence-corrected chi connectivity index (χ0v) is 14.2. The summed E-state index contributed by atoms with van der Waals surface area (Å²) in [6, 6.07) is 0.393. The van der Waals surface area contributed by atoms with Crippen LogP contribution in [0.1, 0.15) is 43.5 Å². The van der Waals surface area contributed by atoms with Crippen LogP contribution < -0.4 is 10.6 Å². The lowest BCUT2D eigenvalue weighted by Gasteiger charge is -2.27. The molecule has 1 aliphatic carbocycles. The van der Waals surface area contributed by atoms with Crippen LogP contribution in [-0.4, -0.2) is 39.3 Å². The zero-order valence-electron chi connectivity index (χ0n) is 14.2. The van der Waals surface area contributed by atoms with Gasteiger partial charge in [-0.25, -0.2) is 23.1 Å². The van der Waals surface area contributed by atoms with Gasteiger partial charge in [0.15, 0.2) is 5.65 Å². The number of fused-ring (bicyclic) bond motifs is 3. The molecule has 0 bridgehead atoms. The van der Waals surface area contributed by atoms with E-state index in [2.05, 4.69) is 10.1 Å². The van der Waals surface area contributed by atoms with Crippen molar-refractivity contribution < 1.29 is 26.7 Å². The van der Waals surface area contributed by atoms with Gasteiger partial charge in [-0.3, -0.25) is 4.90 Å². The number of hydrogen-bond donors (Lipinski definition) is 1. The maximum atomic E-state index is 13.9. The number of alkyl halides is 5. The van der Waals surface area contributed by atoms with Crippen LogP contribution in [0.5, 0.6) is 0 Å². The summed E-state index contributed by atoms with van der Waals surface area (Å²) in [5, 5.41) is 4.18. The van der Waals surface area contributed by atoms with E-state index in [1.807, 2.05) is 0 Å². The quantitative estimate of drug-likeness (QED) is 0.760. The Hall–Kier alpha value is -2.46. The molecule has 1 saturated carbocycles. The molecule has 1 aliphatic heterocycles. The lowest BCUT2D eigenvalue weighted by Crippen LogP contribution is -2.46. The van der Waals surface area contributed by atoms with Gasteiger partial charge < -0.3 is 5.73 Å². The second-order valence-corrected chi connectivity index (χ2v) is 7.38. The molecule has 4 rings (SSSR count). The van der Waals surface area contributed by atoms with Crippen LogP contribution in [0.3, 0.4) is 0 Å². The predicted molar refractivity (Wildman–Crippen MR) is 84.9 cm³/mol. The van der Waals surface area contributed by atoms with Gasteiger partial charge in [0.1, 0.15) is 5.41 Å². The molecule has 6 nitrogen and oxygen atoms in total. The fraction of sp³-hybridized carbons (Fsp3) is 0.562. The first-order chi connectivity index (χ1) is 12.4. The lowest BCUT2D eigenvalue weighted by atomic mass is 9.88. The molecule has 0 saturated heterocycles. The Morgan fingerprint density at radius 2 is 2.07 bits per heavy atom. The Morgan fingerprint density at radius 3 is 2.63 bits per heavy atom. The van der Waals surface area contributed by atoms with Gasteiger partial charge in [0.2, 0.25) is 5.92 Å². The molecule has 2 aliphatic rings. The molecule has 3 heterocycles. The highest BCUT2D eigenvalue weighted by molar-refractivity contribution is 5.93. The summed E-state index contributed by atoms with van der Waals surface area (Å²) in [6.07, 6.45) is -4.04. The van der Waals surface area contributed by atoms with Gasteiger partial charge >= 0.3 is 12.2 Å². The molecule has 146 valence electrons. The number of halogens is 5. The van der Waals surface area contributed by atoms with Crippen molar-refractivity contribution >= 4 is 17.4 Å². The van der Waals surface area contributed by atoms with Crippen LogP contribution in [-0.2, 0) is 5.41 Å². The molecular weight excluding hydrogens is 373 g/mol. The summed E-state index contributed by atoms with van der Waals surface area (Å²) >= 11 is 0. The molecule has 0 aromatic carbocycles. The molecule has 1 unspecified atom stereocenters. The van der Waals surface area contributed by atoms with Crippen molar-refractivity contribution in [3.63, 3.8) is 0 Å². The molecule has 0 radical (unpaired) electrons. The number of urea groups is 1. The van der Waals surface area contributed by atoms with E-state index in [1.54, 1.807) is 0 Å². The molecule has 2 aromatic rings. The summed E-state index contributed by atoms with van der Waals surface area (Å²) in [4.78, 5) is 16.5. The normalized spacial score (nSPS) is 27.3. The number of carbonyl (C=O) groups is 1. The van der Waals surface area contributed by atoms with Crippen molar-refractivity contribution in [1.82, 2.24) is 14.6 Å². The van der Waals surface area contributed by atoms with Gasteiger partial charge in [0.25, 0.3) is 0 Å². The van der Waals surface area contributed by atoms with Crippen molar-refractivity contribution in [2.45, 2.75) is 49.6 Å². The Balaban J connectivity index is 1.89. The van der Waals surface area contributed by atoms with E-state index in [0.717, 1.165) is 22.5 Å². The number of nitrogens with zero attached hydrogens (tertiary/aromatic N) is 4. The number of primary amides is 1. The van der Waals surface area contributed by atoms with Crippen molar-refractivity contribution in [3.8, 4) is 0 Å². The van der Waals surface area contributed by atoms with Crippen molar-refractivity contribution in [2.75, 3.05) is 11.4 Å². The highest BCUT2D eigenvalue weighted by Gasteiger charge is 2.60. The summed E-state index contributed by atoms with van der Waals surface area (Å²) in [7, 11) is 0. The maximum absolute atomic E-state index is 13.9. The zero-order chi connectivity index (χ0) is 19.8. The molecule has 2 amide bonds.